The smallest absolute Gasteiger partial charge is 0.271 e. The molecule has 0 aliphatic carbocycles. The Morgan fingerprint density at radius 3 is 2.87 bits per heavy atom. The zero-order valence-electron chi connectivity index (χ0n) is 9.08. The molecule has 2 heterocycles. The van der Waals surface area contributed by atoms with Crippen molar-refractivity contribution in [2.24, 2.45) is 5.41 Å². The third kappa shape index (κ3) is 1.95. The maximum Gasteiger partial charge on any atom is 0.271 e. The maximum absolute atomic E-state index is 11.9. The van der Waals surface area contributed by atoms with E-state index in [1.54, 1.807) is 6.07 Å². The van der Waals surface area contributed by atoms with E-state index >= 15 is 0 Å². The minimum absolute atomic E-state index is 0.00947. The van der Waals surface area contributed by atoms with Crippen LogP contribution in [0.15, 0.2) is 6.07 Å². The maximum atomic E-state index is 11.9. The number of carbonyl (C=O) groups excluding carboxylic acids is 1. The molecule has 0 spiro atoms. The summed E-state index contributed by atoms with van der Waals surface area (Å²) >= 11 is 0. The van der Waals surface area contributed by atoms with Crippen molar-refractivity contribution in [3.05, 3.63) is 11.8 Å². The van der Waals surface area contributed by atoms with Crippen LogP contribution in [-0.4, -0.2) is 34.1 Å². The van der Waals surface area contributed by atoms with Gasteiger partial charge in [0.15, 0.2) is 0 Å². The van der Waals surface area contributed by atoms with Gasteiger partial charge in [0.25, 0.3) is 5.91 Å². The monoisotopic (exact) mass is 208 g/mol. The summed E-state index contributed by atoms with van der Waals surface area (Å²) in [6.45, 7) is 5.94. The number of hydrogen-bond donors (Lipinski definition) is 2. The molecule has 1 aliphatic heterocycles. The molecule has 0 radical (unpaired) electrons. The minimum Gasteiger partial charge on any atom is -0.382 e. The van der Waals surface area contributed by atoms with Gasteiger partial charge in [-0.05, 0) is 11.8 Å². The number of nitrogens with two attached hydrogens (primary N) is 1. The molecular formula is C10H16N4O. The highest BCUT2D eigenvalue weighted by molar-refractivity contribution is 5.93. The molecule has 0 aromatic carbocycles. The lowest BCUT2D eigenvalue weighted by Gasteiger charge is -2.18. The van der Waals surface area contributed by atoms with Crippen molar-refractivity contribution in [3.8, 4) is 0 Å². The molecule has 82 valence electrons. The predicted molar refractivity (Wildman–Crippen MR) is 57.3 cm³/mol. The number of nitrogen functional groups attached to an aromatic ring is 1. The van der Waals surface area contributed by atoms with E-state index in [4.69, 9.17) is 5.73 Å². The number of hydrogen-bond acceptors (Lipinski definition) is 3. The molecule has 1 saturated heterocycles. The van der Waals surface area contributed by atoms with Crippen LogP contribution in [0.4, 0.5) is 5.82 Å². The van der Waals surface area contributed by atoms with Crippen molar-refractivity contribution < 1.29 is 4.79 Å². The van der Waals surface area contributed by atoms with E-state index in [2.05, 4.69) is 24.0 Å². The lowest BCUT2D eigenvalue weighted by molar-refractivity contribution is 0.0772. The van der Waals surface area contributed by atoms with Crippen LogP contribution >= 0.6 is 0 Å². The van der Waals surface area contributed by atoms with Gasteiger partial charge in [-0.3, -0.25) is 9.89 Å². The van der Waals surface area contributed by atoms with E-state index in [0.29, 0.717) is 11.5 Å². The van der Waals surface area contributed by atoms with Gasteiger partial charge in [-0.1, -0.05) is 13.8 Å². The Morgan fingerprint density at radius 2 is 2.40 bits per heavy atom. The van der Waals surface area contributed by atoms with Gasteiger partial charge in [-0.2, -0.15) is 5.10 Å². The summed E-state index contributed by atoms with van der Waals surface area (Å²) in [6, 6.07) is 1.58. The first kappa shape index (κ1) is 10.0. The van der Waals surface area contributed by atoms with Crippen molar-refractivity contribution in [1.29, 1.82) is 0 Å². The zero-order chi connectivity index (χ0) is 11.1. The van der Waals surface area contributed by atoms with Crippen LogP contribution in [0, 0.1) is 5.41 Å². The Morgan fingerprint density at radius 1 is 1.67 bits per heavy atom. The first-order valence-electron chi connectivity index (χ1n) is 5.08. The highest BCUT2D eigenvalue weighted by Gasteiger charge is 2.32. The van der Waals surface area contributed by atoms with Crippen molar-refractivity contribution in [1.82, 2.24) is 15.1 Å². The molecule has 1 aliphatic rings. The zero-order valence-corrected chi connectivity index (χ0v) is 9.08. The van der Waals surface area contributed by atoms with E-state index in [1.165, 1.54) is 0 Å². The van der Waals surface area contributed by atoms with Gasteiger partial charge in [-0.15, -0.1) is 0 Å². The van der Waals surface area contributed by atoms with E-state index in [0.717, 1.165) is 19.5 Å². The van der Waals surface area contributed by atoms with Crippen molar-refractivity contribution in [3.63, 3.8) is 0 Å². The van der Waals surface area contributed by atoms with Gasteiger partial charge in [0, 0.05) is 19.2 Å². The number of H-pyrrole nitrogens is 1. The van der Waals surface area contributed by atoms with Crippen LogP contribution in [0.1, 0.15) is 30.8 Å². The Hall–Kier alpha value is -1.52. The molecule has 1 aromatic rings. The second-order valence-electron chi connectivity index (χ2n) is 4.85. The second kappa shape index (κ2) is 3.25. The molecule has 1 aromatic heterocycles. The molecule has 0 atom stereocenters. The van der Waals surface area contributed by atoms with E-state index in [-0.39, 0.29) is 11.3 Å². The van der Waals surface area contributed by atoms with Crippen molar-refractivity contribution >= 4 is 11.7 Å². The molecule has 15 heavy (non-hydrogen) atoms. The molecule has 5 nitrogen and oxygen atoms in total. The summed E-state index contributed by atoms with van der Waals surface area (Å²) in [4.78, 5) is 13.8. The molecule has 0 bridgehead atoms. The second-order valence-corrected chi connectivity index (χ2v) is 4.85. The largest absolute Gasteiger partial charge is 0.382 e. The molecule has 0 saturated carbocycles. The molecule has 2 rings (SSSR count). The molecule has 3 N–H and O–H groups in total. The van der Waals surface area contributed by atoms with Gasteiger partial charge in [0.1, 0.15) is 11.5 Å². The molecule has 0 unspecified atom stereocenters. The highest BCUT2D eigenvalue weighted by Crippen LogP contribution is 2.29. The van der Waals surface area contributed by atoms with Gasteiger partial charge < -0.3 is 10.6 Å². The number of aromatic nitrogens is 2. The lowest BCUT2D eigenvalue weighted by atomic mass is 9.93. The minimum atomic E-state index is -0.00947. The number of rotatable bonds is 1. The Bertz CT molecular complexity index is 383. The predicted octanol–water partition coefficient (Wildman–Crippen LogP) is 0.864. The fraction of sp³-hybridized carbons (Fsp3) is 0.600. The summed E-state index contributed by atoms with van der Waals surface area (Å²) in [7, 11) is 0. The van der Waals surface area contributed by atoms with Crippen LogP contribution in [0.5, 0.6) is 0 Å². The Kier molecular flexibility index (Phi) is 2.17. The average Bonchev–Trinajstić information content (AvgIpc) is 2.71. The Balaban J connectivity index is 2.10. The fourth-order valence-corrected chi connectivity index (χ4v) is 1.90. The number of anilines is 1. The van der Waals surface area contributed by atoms with Crippen LogP contribution in [0.25, 0.3) is 0 Å². The number of nitrogens with one attached hydrogen (secondary N) is 1. The van der Waals surface area contributed by atoms with E-state index in [9.17, 15) is 4.79 Å². The van der Waals surface area contributed by atoms with Gasteiger partial charge in [-0.25, -0.2) is 0 Å². The highest BCUT2D eigenvalue weighted by atomic mass is 16.2. The standard InChI is InChI=1S/C10H16N4O/c1-10(2)3-4-14(6-10)9(15)7-5-8(11)13-12-7/h5H,3-4,6H2,1-2H3,(H3,11,12,13). The van der Waals surface area contributed by atoms with Crippen LogP contribution in [-0.2, 0) is 0 Å². The summed E-state index contributed by atoms with van der Waals surface area (Å²) in [6.07, 6.45) is 1.04. The van der Waals surface area contributed by atoms with E-state index < -0.39 is 0 Å². The summed E-state index contributed by atoms with van der Waals surface area (Å²) in [5.74, 6) is 0.349. The van der Waals surface area contributed by atoms with Crippen LogP contribution in [0.3, 0.4) is 0 Å². The third-order valence-corrected chi connectivity index (χ3v) is 2.79. The molecular weight excluding hydrogens is 192 g/mol. The fourth-order valence-electron chi connectivity index (χ4n) is 1.90. The molecule has 5 heteroatoms. The number of likely N-dealkylation sites (tertiary alicyclic amines) is 1. The molecule has 1 amide bonds. The normalized spacial score (nSPS) is 19.5. The Labute approximate surface area is 88.6 Å². The van der Waals surface area contributed by atoms with E-state index in [1.807, 2.05) is 4.90 Å². The molecule has 1 fully saturated rings. The average molecular weight is 208 g/mol. The summed E-state index contributed by atoms with van der Waals surface area (Å²) < 4.78 is 0. The first-order valence-corrected chi connectivity index (χ1v) is 5.08. The van der Waals surface area contributed by atoms with Crippen LogP contribution < -0.4 is 5.73 Å². The number of nitrogens with zero attached hydrogens (tertiary/aromatic N) is 2. The SMILES string of the molecule is CC1(C)CCN(C(=O)c2cc(N)n[nH]2)C1. The lowest BCUT2D eigenvalue weighted by Crippen LogP contribution is -2.30. The summed E-state index contributed by atoms with van der Waals surface area (Å²) in [5.41, 5.74) is 6.16. The number of amides is 1. The summed E-state index contributed by atoms with van der Waals surface area (Å²) in [5, 5.41) is 6.39. The quantitative estimate of drug-likeness (QED) is 0.719. The van der Waals surface area contributed by atoms with Crippen LogP contribution in [0.2, 0.25) is 0 Å². The van der Waals surface area contributed by atoms with Gasteiger partial charge in [0.05, 0.1) is 0 Å². The van der Waals surface area contributed by atoms with Crippen molar-refractivity contribution in [2.45, 2.75) is 20.3 Å². The topological polar surface area (TPSA) is 75.0 Å². The number of carbonyl (C=O) groups is 1. The third-order valence-electron chi connectivity index (χ3n) is 2.79. The first-order chi connectivity index (χ1) is 6.98. The van der Waals surface area contributed by atoms with Gasteiger partial charge in [0.2, 0.25) is 0 Å². The number of aromatic amines is 1. The van der Waals surface area contributed by atoms with Crippen molar-refractivity contribution in [2.75, 3.05) is 18.8 Å². The van der Waals surface area contributed by atoms with Gasteiger partial charge >= 0.3 is 0 Å².